The molecule has 0 heterocycles. The fraction of sp³-hybridized carbons (Fsp3) is 0.800. The molecule has 64 valence electrons. The summed E-state index contributed by atoms with van der Waals surface area (Å²) < 4.78 is 0. The summed E-state index contributed by atoms with van der Waals surface area (Å²) in [6.07, 6.45) is 12.5. The highest BCUT2D eigenvalue weighted by atomic mass is 14.9. The number of hydrogen-bond donors (Lipinski definition) is 1. The maximum atomic E-state index is 3.44. The highest BCUT2D eigenvalue weighted by Gasteiger charge is 2.10. The van der Waals surface area contributed by atoms with Crippen LogP contribution in [-0.4, -0.2) is 6.04 Å². The van der Waals surface area contributed by atoms with Crippen LogP contribution >= 0.6 is 0 Å². The third-order valence-electron chi connectivity index (χ3n) is 2.29. The van der Waals surface area contributed by atoms with Crippen molar-refractivity contribution in [2.45, 2.75) is 51.5 Å². The van der Waals surface area contributed by atoms with Crippen molar-refractivity contribution in [2.24, 2.45) is 0 Å². The van der Waals surface area contributed by atoms with Gasteiger partial charge in [0.1, 0.15) is 0 Å². The van der Waals surface area contributed by atoms with Crippen LogP contribution in [0.15, 0.2) is 12.3 Å². The number of allylic oxidation sites excluding steroid dienone is 1. The molecule has 11 heavy (non-hydrogen) atoms. The average Bonchev–Trinajstić information content (AvgIpc) is 2.07. The zero-order chi connectivity index (χ0) is 7.94. The van der Waals surface area contributed by atoms with Crippen molar-refractivity contribution in [1.29, 1.82) is 0 Å². The van der Waals surface area contributed by atoms with Crippen molar-refractivity contribution in [3.05, 3.63) is 12.3 Å². The first-order chi connectivity index (χ1) is 5.43. The molecule has 0 atom stereocenters. The SMILES string of the molecule is CCC=CNC1CCCCC1. The summed E-state index contributed by atoms with van der Waals surface area (Å²) in [4.78, 5) is 0. The molecule has 1 nitrogen and oxygen atoms in total. The Labute approximate surface area is 69.9 Å². The number of hydrogen-bond acceptors (Lipinski definition) is 1. The molecule has 1 aliphatic rings. The van der Waals surface area contributed by atoms with E-state index in [1.165, 1.54) is 32.1 Å². The van der Waals surface area contributed by atoms with Crippen molar-refractivity contribution in [3.63, 3.8) is 0 Å². The summed E-state index contributed by atoms with van der Waals surface area (Å²) in [5.41, 5.74) is 0. The predicted octanol–water partition coefficient (Wildman–Crippen LogP) is 2.83. The molecular weight excluding hydrogens is 134 g/mol. The fourth-order valence-corrected chi connectivity index (χ4v) is 1.59. The minimum atomic E-state index is 0.770. The summed E-state index contributed by atoms with van der Waals surface area (Å²) in [7, 11) is 0. The Morgan fingerprint density at radius 1 is 1.27 bits per heavy atom. The number of rotatable bonds is 3. The van der Waals surface area contributed by atoms with E-state index in [9.17, 15) is 0 Å². The van der Waals surface area contributed by atoms with Crippen molar-refractivity contribution in [3.8, 4) is 0 Å². The molecule has 1 rings (SSSR count). The molecule has 0 aromatic carbocycles. The van der Waals surface area contributed by atoms with Crippen LogP contribution in [0.3, 0.4) is 0 Å². The Kier molecular flexibility index (Phi) is 4.10. The van der Waals surface area contributed by atoms with E-state index >= 15 is 0 Å². The molecule has 1 aliphatic carbocycles. The topological polar surface area (TPSA) is 12.0 Å². The van der Waals surface area contributed by atoms with Crippen LogP contribution in [0.5, 0.6) is 0 Å². The molecule has 0 amide bonds. The average molecular weight is 153 g/mol. The normalized spacial score (nSPS) is 20.8. The third kappa shape index (κ3) is 3.45. The van der Waals surface area contributed by atoms with Crippen molar-refractivity contribution in [1.82, 2.24) is 5.32 Å². The summed E-state index contributed by atoms with van der Waals surface area (Å²) in [6.45, 7) is 2.17. The van der Waals surface area contributed by atoms with Gasteiger partial charge in [-0.1, -0.05) is 32.3 Å². The van der Waals surface area contributed by atoms with Gasteiger partial charge in [-0.05, 0) is 25.5 Å². The lowest BCUT2D eigenvalue weighted by atomic mass is 9.96. The van der Waals surface area contributed by atoms with Gasteiger partial charge in [-0.25, -0.2) is 0 Å². The highest BCUT2D eigenvalue weighted by molar-refractivity contribution is 4.83. The van der Waals surface area contributed by atoms with Crippen LogP contribution in [0, 0.1) is 0 Å². The van der Waals surface area contributed by atoms with Gasteiger partial charge in [0.15, 0.2) is 0 Å². The Morgan fingerprint density at radius 2 is 2.00 bits per heavy atom. The fourth-order valence-electron chi connectivity index (χ4n) is 1.59. The van der Waals surface area contributed by atoms with Gasteiger partial charge in [-0.2, -0.15) is 0 Å². The smallest absolute Gasteiger partial charge is 0.0255 e. The van der Waals surface area contributed by atoms with E-state index in [2.05, 4.69) is 24.5 Å². The molecule has 0 aromatic rings. The Bertz CT molecular complexity index is 112. The maximum Gasteiger partial charge on any atom is 0.0255 e. The van der Waals surface area contributed by atoms with Crippen LogP contribution in [0.25, 0.3) is 0 Å². The van der Waals surface area contributed by atoms with Crippen LogP contribution < -0.4 is 5.32 Å². The lowest BCUT2D eigenvalue weighted by molar-refractivity contribution is 0.404. The van der Waals surface area contributed by atoms with Gasteiger partial charge in [-0.3, -0.25) is 0 Å². The summed E-state index contributed by atoms with van der Waals surface area (Å²) in [5, 5.41) is 3.44. The van der Waals surface area contributed by atoms with Gasteiger partial charge >= 0.3 is 0 Å². The maximum absolute atomic E-state index is 3.44. The Morgan fingerprint density at radius 3 is 2.64 bits per heavy atom. The third-order valence-corrected chi connectivity index (χ3v) is 2.29. The van der Waals surface area contributed by atoms with Crippen molar-refractivity contribution in [2.75, 3.05) is 0 Å². The predicted molar refractivity (Wildman–Crippen MR) is 49.4 cm³/mol. The molecule has 0 bridgehead atoms. The first kappa shape index (κ1) is 8.63. The van der Waals surface area contributed by atoms with Gasteiger partial charge in [0.25, 0.3) is 0 Å². The molecular formula is C10H19N. The van der Waals surface area contributed by atoms with Crippen LogP contribution in [0.1, 0.15) is 45.4 Å². The van der Waals surface area contributed by atoms with Gasteiger partial charge in [0, 0.05) is 6.04 Å². The first-order valence-electron chi connectivity index (χ1n) is 4.84. The zero-order valence-corrected chi connectivity index (χ0v) is 7.47. The van der Waals surface area contributed by atoms with E-state index in [1.807, 2.05) is 0 Å². The number of nitrogens with one attached hydrogen (secondary N) is 1. The van der Waals surface area contributed by atoms with E-state index < -0.39 is 0 Å². The Hall–Kier alpha value is -0.460. The van der Waals surface area contributed by atoms with Crippen LogP contribution in [0.4, 0.5) is 0 Å². The second-order valence-corrected chi connectivity index (χ2v) is 3.31. The van der Waals surface area contributed by atoms with E-state index in [0.29, 0.717) is 0 Å². The molecule has 0 radical (unpaired) electrons. The first-order valence-corrected chi connectivity index (χ1v) is 4.84. The van der Waals surface area contributed by atoms with Gasteiger partial charge in [-0.15, -0.1) is 0 Å². The zero-order valence-electron chi connectivity index (χ0n) is 7.47. The van der Waals surface area contributed by atoms with Crippen LogP contribution in [-0.2, 0) is 0 Å². The van der Waals surface area contributed by atoms with E-state index in [4.69, 9.17) is 0 Å². The second kappa shape index (κ2) is 5.22. The molecule has 1 heteroatoms. The largest absolute Gasteiger partial charge is 0.388 e. The molecule has 0 spiro atoms. The quantitative estimate of drug-likeness (QED) is 0.657. The van der Waals surface area contributed by atoms with Crippen LogP contribution in [0.2, 0.25) is 0 Å². The highest BCUT2D eigenvalue weighted by Crippen LogP contribution is 2.17. The molecule has 1 fully saturated rings. The summed E-state index contributed by atoms with van der Waals surface area (Å²) in [5.74, 6) is 0. The Balaban J connectivity index is 2.09. The lowest BCUT2D eigenvalue weighted by Gasteiger charge is -2.21. The molecule has 1 N–H and O–H groups in total. The monoisotopic (exact) mass is 153 g/mol. The van der Waals surface area contributed by atoms with E-state index in [1.54, 1.807) is 0 Å². The summed E-state index contributed by atoms with van der Waals surface area (Å²) in [6, 6.07) is 0.770. The molecule has 0 saturated heterocycles. The molecule has 0 aliphatic heterocycles. The van der Waals surface area contributed by atoms with Gasteiger partial charge in [0.05, 0.1) is 0 Å². The second-order valence-electron chi connectivity index (χ2n) is 3.31. The summed E-state index contributed by atoms with van der Waals surface area (Å²) >= 11 is 0. The standard InChI is InChI=1S/C10H19N/c1-2-3-9-11-10-7-5-4-6-8-10/h3,9-11H,2,4-8H2,1H3. The van der Waals surface area contributed by atoms with Gasteiger partial charge in [0.2, 0.25) is 0 Å². The molecule has 0 aromatic heterocycles. The minimum Gasteiger partial charge on any atom is -0.388 e. The molecule has 0 unspecified atom stereocenters. The molecule has 1 saturated carbocycles. The van der Waals surface area contributed by atoms with E-state index in [0.717, 1.165) is 12.5 Å². The van der Waals surface area contributed by atoms with Crippen molar-refractivity contribution < 1.29 is 0 Å². The van der Waals surface area contributed by atoms with Crippen molar-refractivity contribution >= 4 is 0 Å². The minimum absolute atomic E-state index is 0.770. The van der Waals surface area contributed by atoms with E-state index in [-0.39, 0.29) is 0 Å². The van der Waals surface area contributed by atoms with Gasteiger partial charge < -0.3 is 5.32 Å². The lowest BCUT2D eigenvalue weighted by Crippen LogP contribution is -2.26.